The van der Waals surface area contributed by atoms with Gasteiger partial charge in [-0.3, -0.25) is 4.79 Å². The minimum atomic E-state index is -4.46. The Morgan fingerprint density at radius 3 is 2.72 bits per heavy atom. The molecule has 0 fully saturated rings. The van der Waals surface area contributed by atoms with Gasteiger partial charge in [0.25, 0.3) is 5.91 Å². The number of amides is 1. The summed E-state index contributed by atoms with van der Waals surface area (Å²) >= 11 is 0. The lowest BCUT2D eigenvalue weighted by molar-refractivity contribution is -0.137. The van der Waals surface area contributed by atoms with Gasteiger partial charge in [-0.2, -0.15) is 13.2 Å². The third kappa shape index (κ3) is 3.78. The summed E-state index contributed by atoms with van der Waals surface area (Å²) in [6.45, 7) is 1.28. The van der Waals surface area contributed by atoms with Gasteiger partial charge in [-0.15, -0.1) is 0 Å². The molecule has 0 saturated heterocycles. The van der Waals surface area contributed by atoms with Crippen LogP contribution in [0.5, 0.6) is 0 Å². The number of carbonyl (C=O) groups excluding carboxylic acids is 1. The van der Waals surface area contributed by atoms with Crippen LogP contribution in [0.15, 0.2) is 48.5 Å². The van der Waals surface area contributed by atoms with Crippen LogP contribution in [0, 0.1) is 0 Å². The van der Waals surface area contributed by atoms with Crippen molar-refractivity contribution < 1.29 is 18.0 Å². The van der Waals surface area contributed by atoms with E-state index < -0.39 is 17.6 Å². The predicted molar refractivity (Wildman–Crippen MR) is 90.8 cm³/mol. The molecule has 1 atom stereocenters. The first-order chi connectivity index (χ1) is 11.9. The Kier molecular flexibility index (Phi) is 4.70. The number of nitrogens with zero attached hydrogens (tertiary/aromatic N) is 1. The van der Waals surface area contributed by atoms with E-state index in [2.05, 4.69) is 10.2 Å². The monoisotopic (exact) mass is 348 g/mol. The van der Waals surface area contributed by atoms with Gasteiger partial charge in [-0.25, -0.2) is 0 Å². The summed E-state index contributed by atoms with van der Waals surface area (Å²) in [6.07, 6.45) is -3.57. The highest BCUT2D eigenvalue weighted by Gasteiger charge is 2.31. The second-order valence-electron chi connectivity index (χ2n) is 6.25. The number of alkyl halides is 3. The van der Waals surface area contributed by atoms with E-state index in [4.69, 9.17) is 0 Å². The topological polar surface area (TPSA) is 32.3 Å². The number of hydrogen-bond donors (Lipinski definition) is 1. The molecule has 0 aromatic heterocycles. The summed E-state index contributed by atoms with van der Waals surface area (Å²) in [7, 11) is 2.02. The zero-order valence-electron chi connectivity index (χ0n) is 13.8. The molecule has 0 spiro atoms. The Balaban J connectivity index is 1.70. The first kappa shape index (κ1) is 17.3. The minimum Gasteiger partial charge on any atom is -0.374 e. The SMILES string of the molecule is CN1CC[C@@H](CNC(=O)c2cccc(C(F)(F)F)c2)c2ccccc21. The molecule has 6 heteroatoms. The van der Waals surface area contributed by atoms with Gasteiger partial charge in [-0.05, 0) is 36.2 Å². The number of carbonyl (C=O) groups is 1. The molecule has 25 heavy (non-hydrogen) atoms. The average molecular weight is 348 g/mol. The quantitative estimate of drug-likeness (QED) is 0.907. The number of rotatable bonds is 3. The van der Waals surface area contributed by atoms with Gasteiger partial charge >= 0.3 is 6.18 Å². The molecule has 2 aromatic rings. The average Bonchev–Trinajstić information content (AvgIpc) is 2.60. The molecular weight excluding hydrogens is 329 g/mol. The van der Waals surface area contributed by atoms with E-state index in [0.717, 1.165) is 36.3 Å². The van der Waals surface area contributed by atoms with Gasteiger partial charge in [0.05, 0.1) is 5.56 Å². The van der Waals surface area contributed by atoms with Crippen molar-refractivity contribution >= 4 is 11.6 Å². The third-order valence-corrected chi connectivity index (χ3v) is 4.56. The van der Waals surface area contributed by atoms with E-state index in [9.17, 15) is 18.0 Å². The summed E-state index contributed by atoms with van der Waals surface area (Å²) in [5.74, 6) is -0.329. The number of anilines is 1. The van der Waals surface area contributed by atoms with E-state index in [0.29, 0.717) is 6.54 Å². The fraction of sp³-hybridized carbons (Fsp3) is 0.316. The highest BCUT2D eigenvalue weighted by molar-refractivity contribution is 5.94. The van der Waals surface area contributed by atoms with Crippen molar-refractivity contribution in [1.29, 1.82) is 0 Å². The lowest BCUT2D eigenvalue weighted by atomic mass is 9.90. The molecule has 1 aliphatic rings. The summed E-state index contributed by atoms with van der Waals surface area (Å²) in [6, 6.07) is 12.5. The Morgan fingerprint density at radius 2 is 1.96 bits per heavy atom. The molecule has 3 rings (SSSR count). The maximum absolute atomic E-state index is 12.8. The smallest absolute Gasteiger partial charge is 0.374 e. The molecule has 0 saturated carbocycles. The van der Waals surface area contributed by atoms with Gasteiger partial charge in [0.2, 0.25) is 0 Å². The van der Waals surface area contributed by atoms with Crippen molar-refractivity contribution in [2.45, 2.75) is 18.5 Å². The lowest BCUT2D eigenvalue weighted by Gasteiger charge is -2.33. The minimum absolute atomic E-state index is 0.0241. The highest BCUT2D eigenvalue weighted by atomic mass is 19.4. The predicted octanol–water partition coefficient (Wildman–Crippen LogP) is 4.06. The molecule has 0 aliphatic carbocycles. The van der Waals surface area contributed by atoms with E-state index in [1.807, 2.05) is 31.3 Å². The zero-order chi connectivity index (χ0) is 18.0. The van der Waals surface area contributed by atoms with E-state index in [1.54, 1.807) is 0 Å². The van der Waals surface area contributed by atoms with Crippen molar-refractivity contribution in [3.05, 3.63) is 65.2 Å². The van der Waals surface area contributed by atoms with Crippen LogP contribution >= 0.6 is 0 Å². The van der Waals surface area contributed by atoms with E-state index >= 15 is 0 Å². The first-order valence-corrected chi connectivity index (χ1v) is 8.12. The molecule has 3 nitrogen and oxygen atoms in total. The summed E-state index contributed by atoms with van der Waals surface area (Å²) in [5, 5.41) is 2.78. The Morgan fingerprint density at radius 1 is 1.20 bits per heavy atom. The lowest BCUT2D eigenvalue weighted by Crippen LogP contribution is -2.34. The van der Waals surface area contributed by atoms with Crippen LogP contribution < -0.4 is 10.2 Å². The van der Waals surface area contributed by atoms with Crippen molar-refractivity contribution in [3.8, 4) is 0 Å². The van der Waals surface area contributed by atoms with E-state index in [1.165, 1.54) is 12.1 Å². The molecule has 1 heterocycles. The van der Waals surface area contributed by atoms with Crippen LogP contribution in [0.4, 0.5) is 18.9 Å². The molecule has 2 aromatic carbocycles. The fourth-order valence-corrected chi connectivity index (χ4v) is 3.17. The van der Waals surface area contributed by atoms with Crippen LogP contribution in [-0.4, -0.2) is 26.0 Å². The number of nitrogens with one attached hydrogen (secondary N) is 1. The van der Waals surface area contributed by atoms with Crippen molar-refractivity contribution in [1.82, 2.24) is 5.32 Å². The standard InChI is InChI=1S/C19H19F3N2O/c1-24-10-9-14(16-7-2-3-8-17(16)24)12-23-18(25)13-5-4-6-15(11-13)19(20,21)22/h2-8,11,14H,9-10,12H2,1H3,(H,23,25)/t14-/m0/s1. The van der Waals surface area contributed by atoms with Crippen molar-refractivity contribution in [3.63, 3.8) is 0 Å². The zero-order valence-corrected chi connectivity index (χ0v) is 13.8. The maximum Gasteiger partial charge on any atom is 0.416 e. The number of halogens is 3. The van der Waals surface area contributed by atoms with Gasteiger partial charge in [0.1, 0.15) is 0 Å². The molecule has 0 bridgehead atoms. The van der Waals surface area contributed by atoms with Gasteiger partial charge < -0.3 is 10.2 Å². The summed E-state index contributed by atoms with van der Waals surface area (Å²) in [5.41, 5.74) is 1.49. The number of benzene rings is 2. The maximum atomic E-state index is 12.8. The molecule has 1 aliphatic heterocycles. The molecule has 0 unspecified atom stereocenters. The molecule has 0 radical (unpaired) electrons. The largest absolute Gasteiger partial charge is 0.416 e. The van der Waals surface area contributed by atoms with Gasteiger partial charge in [-0.1, -0.05) is 24.3 Å². The van der Waals surface area contributed by atoms with Crippen LogP contribution in [0.1, 0.15) is 33.8 Å². The second kappa shape index (κ2) is 6.78. The summed E-state index contributed by atoms with van der Waals surface area (Å²) in [4.78, 5) is 14.4. The second-order valence-corrected chi connectivity index (χ2v) is 6.25. The Hall–Kier alpha value is -2.50. The molecular formula is C19H19F3N2O. The Labute approximate surface area is 144 Å². The third-order valence-electron chi connectivity index (χ3n) is 4.56. The molecule has 1 amide bonds. The summed E-state index contributed by atoms with van der Waals surface area (Å²) < 4.78 is 38.3. The number of hydrogen-bond acceptors (Lipinski definition) is 2. The van der Waals surface area contributed by atoms with Gasteiger partial charge in [0.15, 0.2) is 0 Å². The Bertz CT molecular complexity index is 773. The fourth-order valence-electron chi connectivity index (χ4n) is 3.17. The van der Waals surface area contributed by atoms with Crippen molar-refractivity contribution in [2.24, 2.45) is 0 Å². The van der Waals surface area contributed by atoms with Gasteiger partial charge in [0, 0.05) is 37.3 Å². The van der Waals surface area contributed by atoms with Crippen LogP contribution in [0.3, 0.4) is 0 Å². The normalized spacial score (nSPS) is 17.1. The number of fused-ring (bicyclic) bond motifs is 1. The van der Waals surface area contributed by atoms with Crippen LogP contribution in [0.2, 0.25) is 0 Å². The van der Waals surface area contributed by atoms with Crippen molar-refractivity contribution in [2.75, 3.05) is 25.0 Å². The van der Waals surface area contributed by atoms with Crippen LogP contribution in [0.25, 0.3) is 0 Å². The highest BCUT2D eigenvalue weighted by Crippen LogP contribution is 2.34. The molecule has 132 valence electrons. The first-order valence-electron chi connectivity index (χ1n) is 8.12. The van der Waals surface area contributed by atoms with Crippen LogP contribution in [-0.2, 0) is 6.18 Å². The number of para-hydroxylation sites is 1. The molecule has 1 N–H and O–H groups in total. The van der Waals surface area contributed by atoms with E-state index in [-0.39, 0.29) is 11.5 Å².